The molecule has 6 rings (SSSR count). The van der Waals surface area contributed by atoms with Crippen molar-refractivity contribution >= 4 is 103 Å². The normalized spacial score (nSPS) is 13.8. The number of aromatic nitrogens is 1. The lowest BCUT2D eigenvalue weighted by molar-refractivity contribution is 0.949. The number of hydrogen-bond acceptors (Lipinski definition) is 9. The first kappa shape index (κ1) is 28.1. The van der Waals surface area contributed by atoms with Crippen LogP contribution in [0.1, 0.15) is 24.0 Å². The number of fused-ring (bicyclic) bond motifs is 1. The zero-order valence-corrected chi connectivity index (χ0v) is 27.6. The monoisotopic (exact) mass is 707 g/mol. The quantitative estimate of drug-likeness (QED) is 0.158. The van der Waals surface area contributed by atoms with Crippen LogP contribution in [-0.2, 0) is 0 Å². The zero-order chi connectivity index (χ0) is 28.5. The molecule has 41 heavy (non-hydrogen) atoms. The molecule has 0 atom stereocenters. The van der Waals surface area contributed by atoms with Gasteiger partial charge in [-0.05, 0) is 126 Å². The van der Waals surface area contributed by atoms with Crippen LogP contribution in [0.5, 0.6) is 0 Å². The summed E-state index contributed by atoms with van der Waals surface area (Å²) < 4.78 is 6.39. The molecule has 1 fully saturated rings. The molecule has 7 nitrogen and oxygen atoms in total. The van der Waals surface area contributed by atoms with Crippen molar-refractivity contribution in [1.82, 2.24) is 4.37 Å². The molecule has 208 valence electrons. The summed E-state index contributed by atoms with van der Waals surface area (Å²) in [7, 11) is 2.12. The molecule has 0 unspecified atom stereocenters. The van der Waals surface area contributed by atoms with E-state index in [1.807, 2.05) is 54.7 Å². The van der Waals surface area contributed by atoms with E-state index < -0.39 is 0 Å². The number of nitrogens with zero attached hydrogens (tertiary/aromatic N) is 7. The van der Waals surface area contributed by atoms with Crippen LogP contribution >= 0.6 is 54.7 Å². The minimum Gasteiger partial charge on any atom is -0.363 e. The van der Waals surface area contributed by atoms with Crippen molar-refractivity contribution < 1.29 is 0 Å². The van der Waals surface area contributed by atoms with Crippen LogP contribution in [-0.4, -0.2) is 24.5 Å². The summed E-state index contributed by atoms with van der Waals surface area (Å²) >= 11 is 10.3. The van der Waals surface area contributed by atoms with Gasteiger partial charge in [-0.25, -0.2) is 0 Å². The van der Waals surface area contributed by atoms with Gasteiger partial charge in [-0.2, -0.15) is 14.6 Å². The van der Waals surface area contributed by atoms with Gasteiger partial charge < -0.3 is 9.80 Å². The number of anilines is 3. The Balaban J connectivity index is 1.15. The predicted molar refractivity (Wildman–Crippen MR) is 180 cm³/mol. The third-order valence-corrected chi connectivity index (χ3v) is 10.1. The summed E-state index contributed by atoms with van der Waals surface area (Å²) in [5.74, 6) is 0. The molecule has 3 aromatic carbocycles. The summed E-state index contributed by atoms with van der Waals surface area (Å²) in [5, 5.41) is 22.3. The number of thiophene rings is 1. The minimum atomic E-state index is 0.765. The fourth-order valence-electron chi connectivity index (χ4n) is 4.75. The number of rotatable bonds is 7. The van der Waals surface area contributed by atoms with E-state index in [1.165, 1.54) is 34.4 Å². The summed E-state index contributed by atoms with van der Waals surface area (Å²) in [5.41, 5.74) is 6.46. The van der Waals surface area contributed by atoms with Crippen molar-refractivity contribution in [2.45, 2.75) is 26.7 Å². The van der Waals surface area contributed by atoms with E-state index in [1.54, 1.807) is 0 Å². The van der Waals surface area contributed by atoms with Crippen molar-refractivity contribution in [3.05, 3.63) is 80.7 Å². The van der Waals surface area contributed by atoms with E-state index in [9.17, 15) is 0 Å². The highest BCUT2D eigenvalue weighted by Crippen LogP contribution is 2.39. The molecule has 2 aromatic heterocycles. The highest BCUT2D eigenvalue weighted by atomic mass is 79.9. The third-order valence-electron chi connectivity index (χ3n) is 7.08. The number of benzene rings is 3. The molecular weight excluding hydrogens is 682 g/mol. The summed E-state index contributed by atoms with van der Waals surface area (Å²) in [4.78, 5) is 4.72. The van der Waals surface area contributed by atoms with Crippen LogP contribution in [0.25, 0.3) is 10.9 Å². The average Bonchev–Trinajstić information content (AvgIpc) is 3.73. The van der Waals surface area contributed by atoms with Crippen molar-refractivity contribution in [1.29, 1.82) is 0 Å². The third kappa shape index (κ3) is 6.13. The van der Waals surface area contributed by atoms with E-state index >= 15 is 0 Å². The Morgan fingerprint density at radius 2 is 1.56 bits per heavy atom. The smallest absolute Gasteiger partial charge is 0.166 e. The largest absolute Gasteiger partial charge is 0.363 e. The summed E-state index contributed by atoms with van der Waals surface area (Å²) in [6.07, 6.45) is 2.57. The fourth-order valence-corrected chi connectivity index (χ4v) is 7.93. The highest BCUT2D eigenvalue weighted by molar-refractivity contribution is 9.11. The molecule has 0 N–H and O–H groups in total. The summed E-state index contributed by atoms with van der Waals surface area (Å²) in [6, 6.07) is 20.5. The Morgan fingerprint density at radius 3 is 2.32 bits per heavy atom. The van der Waals surface area contributed by atoms with Crippen LogP contribution < -0.4 is 9.80 Å². The van der Waals surface area contributed by atoms with Gasteiger partial charge in [0.2, 0.25) is 0 Å². The lowest BCUT2D eigenvalue weighted by atomic mass is 10.1. The lowest BCUT2D eigenvalue weighted by Gasteiger charge is -2.19. The van der Waals surface area contributed by atoms with Gasteiger partial charge in [0, 0.05) is 40.2 Å². The SMILES string of the molecule is Cc1cc(N(C)c2ccc(N3CCCC3)s2)ccc1N=Nc1ccc(N=Nc2snc3c(Br)cc(Br)cc23)c(C)c1. The van der Waals surface area contributed by atoms with Crippen molar-refractivity contribution in [3.8, 4) is 0 Å². The first-order chi connectivity index (χ1) is 19.9. The van der Waals surface area contributed by atoms with Gasteiger partial charge in [-0.3, -0.25) is 0 Å². The second-order valence-corrected chi connectivity index (χ2v) is 13.5. The molecule has 1 saturated heterocycles. The average molecular weight is 710 g/mol. The molecule has 1 aliphatic rings. The Bertz CT molecular complexity index is 1790. The van der Waals surface area contributed by atoms with Crippen molar-refractivity contribution in [2.24, 2.45) is 20.5 Å². The van der Waals surface area contributed by atoms with Crippen LogP contribution in [0.3, 0.4) is 0 Å². The molecule has 0 radical (unpaired) electrons. The Labute approximate surface area is 264 Å². The van der Waals surface area contributed by atoms with Crippen LogP contribution in [0, 0.1) is 13.8 Å². The molecule has 0 saturated carbocycles. The molecule has 0 bridgehead atoms. The second-order valence-electron chi connectivity index (χ2n) is 9.98. The number of hydrogen-bond donors (Lipinski definition) is 0. The number of halogens is 2. The van der Waals surface area contributed by atoms with E-state index in [0.717, 1.165) is 71.8 Å². The number of aryl methyl sites for hydroxylation is 2. The fraction of sp³-hybridized carbons (Fsp3) is 0.233. The standard InChI is InChI=1S/C30H27Br2N7S2/c1-18-14-21(6-8-25(18)35-36-30-23-16-20(31)17-24(32)29(23)37-41-30)33-34-26-9-7-22(15-19(26)2)38(3)27-10-11-28(40-27)39-12-4-5-13-39/h6-11,14-17H,4-5,12-13H2,1-3H3. The number of azo groups is 2. The second kappa shape index (κ2) is 12.1. The van der Waals surface area contributed by atoms with Gasteiger partial charge in [-0.1, -0.05) is 15.9 Å². The Hall–Kier alpha value is -2.99. The summed E-state index contributed by atoms with van der Waals surface area (Å²) in [6.45, 7) is 6.40. The van der Waals surface area contributed by atoms with E-state index in [4.69, 9.17) is 0 Å². The molecule has 0 spiro atoms. The van der Waals surface area contributed by atoms with E-state index in [0.29, 0.717) is 0 Å². The molecule has 0 amide bonds. The molecule has 0 aliphatic carbocycles. The van der Waals surface area contributed by atoms with E-state index in [2.05, 4.69) is 105 Å². The minimum absolute atomic E-state index is 0.765. The topological polar surface area (TPSA) is 68.8 Å². The van der Waals surface area contributed by atoms with Crippen LogP contribution in [0.2, 0.25) is 0 Å². The first-order valence-electron chi connectivity index (χ1n) is 13.2. The zero-order valence-electron chi connectivity index (χ0n) is 22.8. The maximum absolute atomic E-state index is 4.55. The van der Waals surface area contributed by atoms with Gasteiger partial charge in [0.25, 0.3) is 0 Å². The van der Waals surface area contributed by atoms with Gasteiger partial charge >= 0.3 is 0 Å². The molecule has 11 heteroatoms. The highest BCUT2D eigenvalue weighted by Gasteiger charge is 2.16. The maximum Gasteiger partial charge on any atom is 0.166 e. The van der Waals surface area contributed by atoms with Gasteiger partial charge in [0.15, 0.2) is 5.00 Å². The maximum atomic E-state index is 4.55. The molecule has 1 aliphatic heterocycles. The predicted octanol–water partition coefficient (Wildman–Crippen LogP) is 11.7. The van der Waals surface area contributed by atoms with Crippen molar-refractivity contribution in [3.63, 3.8) is 0 Å². The van der Waals surface area contributed by atoms with Crippen LogP contribution in [0.4, 0.5) is 37.8 Å². The molecular formula is C30H27Br2N7S2. The molecule has 5 aromatic rings. The van der Waals surface area contributed by atoms with Gasteiger partial charge in [0.1, 0.15) is 5.52 Å². The first-order valence-corrected chi connectivity index (χ1v) is 16.4. The molecule has 3 heterocycles. The van der Waals surface area contributed by atoms with Crippen molar-refractivity contribution in [2.75, 3.05) is 29.9 Å². The van der Waals surface area contributed by atoms with E-state index in [-0.39, 0.29) is 0 Å². The van der Waals surface area contributed by atoms with Crippen LogP contribution in [0.15, 0.2) is 90.1 Å². The Kier molecular flexibility index (Phi) is 8.30. The van der Waals surface area contributed by atoms with Gasteiger partial charge in [-0.15, -0.1) is 21.6 Å². The van der Waals surface area contributed by atoms with Gasteiger partial charge in [0.05, 0.1) is 27.1 Å². The Morgan fingerprint density at radius 1 is 0.829 bits per heavy atom. The lowest BCUT2D eigenvalue weighted by Crippen LogP contribution is -2.15.